The molecule has 0 aliphatic carbocycles. The predicted molar refractivity (Wildman–Crippen MR) is 90.9 cm³/mol. The van der Waals surface area contributed by atoms with Crippen LogP contribution in [0.4, 0.5) is 0 Å². The van der Waals surface area contributed by atoms with E-state index in [2.05, 4.69) is 4.72 Å². The van der Waals surface area contributed by atoms with E-state index in [1.54, 1.807) is 0 Å². The average Bonchev–Trinajstić information content (AvgIpc) is 2.35. The molecule has 0 unspecified atom stereocenters. The molecule has 0 saturated carbocycles. The van der Waals surface area contributed by atoms with E-state index in [1.807, 2.05) is 33.9 Å². The Labute approximate surface area is 134 Å². The van der Waals surface area contributed by atoms with Crippen LogP contribution in [0.15, 0.2) is 28.0 Å². The van der Waals surface area contributed by atoms with Crippen molar-refractivity contribution in [1.29, 1.82) is 0 Å². The van der Waals surface area contributed by atoms with Crippen LogP contribution in [0.1, 0.15) is 20.8 Å². The molecule has 0 atom stereocenters. The fraction of sp³-hybridized carbons (Fsp3) is 0.538. The van der Waals surface area contributed by atoms with E-state index in [4.69, 9.17) is 5.14 Å². The number of benzene rings is 1. The van der Waals surface area contributed by atoms with Crippen LogP contribution in [0.25, 0.3) is 0 Å². The van der Waals surface area contributed by atoms with E-state index in [-0.39, 0.29) is 14.8 Å². The summed E-state index contributed by atoms with van der Waals surface area (Å²) >= 11 is 0. The summed E-state index contributed by atoms with van der Waals surface area (Å²) in [6.45, 7) is 9.84. The normalized spacial score (nSPS) is 14.1. The lowest BCUT2D eigenvalue weighted by molar-refractivity contribution is 0.588. The second-order valence-corrected chi connectivity index (χ2v) is 15.4. The van der Waals surface area contributed by atoms with E-state index >= 15 is 0 Å². The lowest BCUT2D eigenvalue weighted by Gasteiger charge is -2.39. The van der Waals surface area contributed by atoms with Crippen molar-refractivity contribution in [1.82, 2.24) is 4.72 Å². The Balaban J connectivity index is 4.03. The fourth-order valence-corrected chi connectivity index (χ4v) is 8.17. The minimum absolute atomic E-state index is 0.00637. The maximum Gasteiger partial charge on any atom is 0.240 e. The van der Waals surface area contributed by atoms with Crippen LogP contribution >= 0.6 is 0 Å². The summed E-state index contributed by atoms with van der Waals surface area (Å²) in [4.78, 5) is -0.108. The van der Waals surface area contributed by atoms with Crippen molar-refractivity contribution >= 4 is 33.3 Å². The molecule has 9 heteroatoms. The van der Waals surface area contributed by atoms with E-state index in [0.29, 0.717) is 5.19 Å². The highest BCUT2D eigenvalue weighted by Gasteiger charge is 2.43. The zero-order chi connectivity index (χ0) is 17.6. The van der Waals surface area contributed by atoms with Gasteiger partial charge in [-0.05, 0) is 29.4 Å². The van der Waals surface area contributed by atoms with Crippen molar-refractivity contribution in [2.75, 3.05) is 7.05 Å². The SMILES string of the molecule is CNS(=O)(=O)c1cccc(S(N)(=O)=O)c1[Si](C)(C)C(C)(C)C. The lowest BCUT2D eigenvalue weighted by Crippen LogP contribution is -2.54. The first-order valence-electron chi connectivity index (χ1n) is 6.76. The van der Waals surface area contributed by atoms with Gasteiger partial charge in [0.15, 0.2) is 0 Å². The molecule has 0 aromatic heterocycles. The summed E-state index contributed by atoms with van der Waals surface area (Å²) in [5, 5.41) is 5.42. The second-order valence-electron chi connectivity index (χ2n) is 6.76. The molecule has 0 saturated heterocycles. The van der Waals surface area contributed by atoms with Gasteiger partial charge in [-0.15, -0.1) is 0 Å². The van der Waals surface area contributed by atoms with Crippen molar-refractivity contribution < 1.29 is 16.8 Å². The number of hydrogen-bond acceptors (Lipinski definition) is 4. The van der Waals surface area contributed by atoms with Crippen LogP contribution in [0.5, 0.6) is 0 Å². The molecular weight excluding hydrogens is 340 g/mol. The van der Waals surface area contributed by atoms with Crippen molar-refractivity contribution in [3.63, 3.8) is 0 Å². The Morgan fingerprint density at radius 1 is 1.05 bits per heavy atom. The third-order valence-electron chi connectivity index (χ3n) is 4.35. The molecule has 0 radical (unpaired) electrons. The highest BCUT2D eigenvalue weighted by Crippen LogP contribution is 2.37. The highest BCUT2D eigenvalue weighted by atomic mass is 32.2. The van der Waals surface area contributed by atoms with Gasteiger partial charge < -0.3 is 0 Å². The highest BCUT2D eigenvalue weighted by molar-refractivity contribution is 7.90. The Kier molecular flexibility index (Phi) is 5.01. The van der Waals surface area contributed by atoms with Gasteiger partial charge in [0.1, 0.15) is 0 Å². The van der Waals surface area contributed by atoms with Gasteiger partial charge in [0.05, 0.1) is 17.9 Å². The molecule has 1 aromatic rings. The molecular formula is C13H24N2O4S2Si. The second kappa shape index (κ2) is 5.71. The van der Waals surface area contributed by atoms with E-state index in [0.717, 1.165) is 0 Å². The zero-order valence-corrected chi connectivity index (χ0v) is 16.4. The quantitative estimate of drug-likeness (QED) is 0.776. The first kappa shape index (κ1) is 19.3. The van der Waals surface area contributed by atoms with Gasteiger partial charge in [-0.25, -0.2) is 26.7 Å². The minimum Gasteiger partial charge on any atom is -0.225 e. The monoisotopic (exact) mass is 364 g/mol. The fourth-order valence-electron chi connectivity index (χ4n) is 2.07. The molecule has 0 aliphatic rings. The summed E-state index contributed by atoms with van der Waals surface area (Å²) in [6, 6.07) is 4.21. The van der Waals surface area contributed by atoms with Crippen LogP contribution < -0.4 is 15.0 Å². The van der Waals surface area contributed by atoms with Gasteiger partial charge in [-0.2, -0.15) is 0 Å². The Bertz CT molecular complexity index is 779. The molecule has 22 heavy (non-hydrogen) atoms. The maximum absolute atomic E-state index is 12.4. The van der Waals surface area contributed by atoms with Gasteiger partial charge >= 0.3 is 0 Å². The van der Waals surface area contributed by atoms with E-state index in [9.17, 15) is 16.8 Å². The maximum atomic E-state index is 12.4. The summed E-state index contributed by atoms with van der Waals surface area (Å²) in [6.07, 6.45) is 0. The molecule has 0 fully saturated rings. The Morgan fingerprint density at radius 2 is 1.50 bits per heavy atom. The number of nitrogens with one attached hydrogen (secondary N) is 1. The molecule has 0 spiro atoms. The number of sulfonamides is 2. The van der Waals surface area contributed by atoms with Crippen LogP contribution in [0, 0.1) is 0 Å². The molecule has 0 amide bonds. The van der Waals surface area contributed by atoms with Crippen molar-refractivity contribution in [3.05, 3.63) is 18.2 Å². The van der Waals surface area contributed by atoms with Gasteiger partial charge in [0.25, 0.3) is 0 Å². The van der Waals surface area contributed by atoms with Crippen molar-refractivity contribution in [2.24, 2.45) is 5.14 Å². The summed E-state index contributed by atoms with van der Waals surface area (Å²) in [7, 11) is -9.00. The van der Waals surface area contributed by atoms with Crippen LogP contribution in [-0.4, -0.2) is 32.0 Å². The summed E-state index contributed by atoms with van der Waals surface area (Å²) in [5.41, 5.74) is 0. The topological polar surface area (TPSA) is 106 Å². The average molecular weight is 365 g/mol. The largest absolute Gasteiger partial charge is 0.240 e. The molecule has 3 N–H and O–H groups in total. The first-order chi connectivity index (χ1) is 9.66. The van der Waals surface area contributed by atoms with Crippen LogP contribution in [0.3, 0.4) is 0 Å². The van der Waals surface area contributed by atoms with E-state index in [1.165, 1.54) is 25.2 Å². The van der Waals surface area contributed by atoms with Crippen LogP contribution in [-0.2, 0) is 20.0 Å². The lowest BCUT2D eigenvalue weighted by atomic mass is 10.2. The molecule has 1 rings (SSSR count). The minimum atomic E-state index is -4.03. The van der Waals surface area contributed by atoms with Crippen molar-refractivity contribution in [2.45, 2.75) is 48.7 Å². The number of nitrogens with two attached hydrogens (primary N) is 1. The molecule has 126 valence electrons. The Morgan fingerprint density at radius 3 is 1.86 bits per heavy atom. The molecule has 0 bridgehead atoms. The van der Waals surface area contributed by atoms with Gasteiger partial charge in [0, 0.05) is 0 Å². The number of rotatable bonds is 4. The predicted octanol–water partition coefficient (Wildman–Crippen LogP) is 0.958. The Hall–Kier alpha value is -0.743. The van der Waals surface area contributed by atoms with Crippen LogP contribution in [0.2, 0.25) is 18.1 Å². The van der Waals surface area contributed by atoms with Crippen molar-refractivity contribution in [3.8, 4) is 0 Å². The molecule has 6 nitrogen and oxygen atoms in total. The standard InChI is InChI=1S/C13H24N2O4S2Si/c1-13(2,3)22(5,6)12-10(20(14,16)17)8-7-9-11(12)21(18,19)15-4/h7-9,15H,1-6H3,(H2,14,16,17). The van der Waals surface area contributed by atoms with Gasteiger partial charge in [-0.1, -0.05) is 39.9 Å². The molecule has 1 aromatic carbocycles. The van der Waals surface area contributed by atoms with E-state index < -0.39 is 28.1 Å². The molecule has 0 heterocycles. The number of hydrogen-bond donors (Lipinski definition) is 2. The van der Waals surface area contributed by atoms with Gasteiger partial charge in [0.2, 0.25) is 20.0 Å². The smallest absolute Gasteiger partial charge is 0.225 e. The molecule has 0 aliphatic heterocycles. The van der Waals surface area contributed by atoms with Gasteiger partial charge in [-0.3, -0.25) is 0 Å². The third kappa shape index (κ3) is 3.43. The zero-order valence-electron chi connectivity index (χ0n) is 13.8. The summed E-state index contributed by atoms with van der Waals surface area (Å²) < 4.78 is 50.9. The third-order valence-corrected chi connectivity index (χ3v) is 12.7. The number of primary sulfonamides is 1. The summed E-state index contributed by atoms with van der Waals surface area (Å²) in [5.74, 6) is 0. The first-order valence-corrected chi connectivity index (χ1v) is 12.8.